The number of carbonyl (C=O) groups is 1. The standard InChI is InChI=1S/C16H16N2O.C2H3F3O/c19-16-14-6-11-4-2-1-3-10(11)5-13(14)15-9-17-7-12(15)8-18-16;3-2(4,5)1-6/h1-6,12,15,17H,7-9H2,(H,18,19);6H,1H2/t12-,15+;/m0./s1. The Morgan fingerprint density at radius 1 is 1.08 bits per heavy atom. The second-order valence-corrected chi connectivity index (χ2v) is 6.29. The van der Waals surface area contributed by atoms with Crippen LogP contribution in [-0.2, 0) is 0 Å². The minimum Gasteiger partial charge on any atom is -0.387 e. The normalized spacial score (nSPS) is 22.3. The Morgan fingerprint density at radius 2 is 1.72 bits per heavy atom. The van der Waals surface area contributed by atoms with Crippen LogP contribution >= 0.6 is 0 Å². The fraction of sp³-hybridized carbons (Fsp3) is 0.389. The van der Waals surface area contributed by atoms with Gasteiger partial charge in [0.2, 0.25) is 0 Å². The quantitative estimate of drug-likeness (QED) is 0.682. The van der Waals surface area contributed by atoms with Crippen LogP contribution in [0.25, 0.3) is 10.8 Å². The lowest BCUT2D eigenvalue weighted by Gasteiger charge is -2.16. The lowest BCUT2D eigenvalue weighted by molar-refractivity contribution is -0.159. The molecular formula is C18H19F3N2O2. The molecule has 134 valence electrons. The number of amides is 1. The molecule has 1 fully saturated rings. The molecule has 3 N–H and O–H groups in total. The zero-order valence-corrected chi connectivity index (χ0v) is 13.4. The van der Waals surface area contributed by atoms with Gasteiger partial charge in [-0.05, 0) is 28.3 Å². The topological polar surface area (TPSA) is 61.4 Å². The number of carbonyl (C=O) groups excluding carboxylic acids is 1. The number of rotatable bonds is 0. The first-order valence-electron chi connectivity index (χ1n) is 8.08. The van der Waals surface area contributed by atoms with Gasteiger partial charge in [0.25, 0.3) is 5.91 Å². The van der Waals surface area contributed by atoms with E-state index in [1.165, 1.54) is 10.9 Å². The molecule has 4 rings (SSSR count). The summed E-state index contributed by atoms with van der Waals surface area (Å²) in [6.45, 7) is 1.02. The van der Waals surface area contributed by atoms with Crippen molar-refractivity contribution in [3.63, 3.8) is 0 Å². The predicted molar refractivity (Wildman–Crippen MR) is 88.5 cm³/mol. The molecule has 2 atom stereocenters. The Bertz CT molecular complexity index is 776. The molecule has 2 aliphatic heterocycles. The molecule has 4 nitrogen and oxygen atoms in total. The molecule has 2 aliphatic rings. The molecule has 7 heteroatoms. The maximum absolute atomic E-state index is 12.2. The molecule has 2 aromatic carbocycles. The lowest BCUT2D eigenvalue weighted by Crippen LogP contribution is -2.28. The molecule has 0 bridgehead atoms. The highest BCUT2D eigenvalue weighted by Gasteiger charge is 2.34. The molecule has 25 heavy (non-hydrogen) atoms. The number of hydrogen-bond acceptors (Lipinski definition) is 3. The fourth-order valence-electron chi connectivity index (χ4n) is 3.39. The first-order chi connectivity index (χ1) is 11.9. The number of benzene rings is 2. The zero-order valence-electron chi connectivity index (χ0n) is 13.4. The van der Waals surface area contributed by atoms with Gasteiger partial charge in [0.15, 0.2) is 0 Å². The third-order valence-corrected chi connectivity index (χ3v) is 4.61. The van der Waals surface area contributed by atoms with E-state index in [9.17, 15) is 18.0 Å². The Balaban J connectivity index is 0.000000265. The molecule has 0 radical (unpaired) electrons. The van der Waals surface area contributed by atoms with E-state index in [1.54, 1.807) is 0 Å². The van der Waals surface area contributed by atoms with Crippen molar-refractivity contribution >= 4 is 16.7 Å². The van der Waals surface area contributed by atoms with Crippen molar-refractivity contribution in [3.05, 3.63) is 47.5 Å². The van der Waals surface area contributed by atoms with Gasteiger partial charge in [-0.1, -0.05) is 30.3 Å². The summed E-state index contributed by atoms with van der Waals surface area (Å²) in [6, 6.07) is 12.5. The SMILES string of the molecule is O=C1NC[C@@H]2CNC[C@H]2c2cc3ccccc3cc21.OCC(F)(F)F. The van der Waals surface area contributed by atoms with E-state index < -0.39 is 12.8 Å². The van der Waals surface area contributed by atoms with Crippen LogP contribution < -0.4 is 10.6 Å². The summed E-state index contributed by atoms with van der Waals surface area (Å²) in [5.41, 5.74) is 2.07. The van der Waals surface area contributed by atoms with Crippen molar-refractivity contribution in [2.24, 2.45) is 5.92 Å². The number of aliphatic hydroxyl groups is 1. The molecule has 0 saturated carbocycles. The lowest BCUT2D eigenvalue weighted by atomic mass is 9.86. The molecule has 0 aliphatic carbocycles. The van der Waals surface area contributed by atoms with Gasteiger partial charge in [-0.15, -0.1) is 0 Å². The predicted octanol–water partition coefficient (Wildman–Crippen LogP) is 2.43. The fourth-order valence-corrected chi connectivity index (χ4v) is 3.39. The monoisotopic (exact) mass is 352 g/mol. The van der Waals surface area contributed by atoms with Crippen LogP contribution in [-0.4, -0.2) is 43.4 Å². The molecule has 0 spiro atoms. The van der Waals surface area contributed by atoms with Gasteiger partial charge < -0.3 is 15.7 Å². The number of fused-ring (bicyclic) bond motifs is 4. The van der Waals surface area contributed by atoms with Crippen molar-refractivity contribution in [1.82, 2.24) is 10.6 Å². The van der Waals surface area contributed by atoms with Gasteiger partial charge >= 0.3 is 6.18 Å². The number of aliphatic hydroxyl groups excluding tert-OH is 1. The van der Waals surface area contributed by atoms with E-state index in [0.717, 1.165) is 30.6 Å². The third-order valence-electron chi connectivity index (χ3n) is 4.61. The van der Waals surface area contributed by atoms with Crippen molar-refractivity contribution < 1.29 is 23.1 Å². The molecule has 2 heterocycles. The minimum atomic E-state index is -4.40. The van der Waals surface area contributed by atoms with Crippen molar-refractivity contribution in [2.75, 3.05) is 26.2 Å². The third kappa shape index (κ3) is 3.93. The van der Waals surface area contributed by atoms with E-state index in [2.05, 4.69) is 34.9 Å². The van der Waals surface area contributed by atoms with Crippen molar-refractivity contribution in [2.45, 2.75) is 12.1 Å². The van der Waals surface area contributed by atoms with E-state index in [4.69, 9.17) is 5.11 Å². The molecule has 0 aromatic heterocycles. The van der Waals surface area contributed by atoms with Crippen LogP contribution in [0.2, 0.25) is 0 Å². The summed E-state index contributed by atoms with van der Waals surface area (Å²) in [5, 5.41) is 16.1. The van der Waals surface area contributed by atoms with Gasteiger partial charge in [-0.3, -0.25) is 4.79 Å². The summed E-state index contributed by atoms with van der Waals surface area (Å²) in [5.74, 6) is 1.06. The molecule has 0 unspecified atom stereocenters. The Hall–Kier alpha value is -2.12. The molecule has 1 saturated heterocycles. The largest absolute Gasteiger partial charge is 0.411 e. The second kappa shape index (κ2) is 7.01. The molecule has 1 amide bonds. The summed E-state index contributed by atoms with van der Waals surface area (Å²) in [7, 11) is 0. The van der Waals surface area contributed by atoms with E-state index in [1.807, 2.05) is 12.1 Å². The summed E-state index contributed by atoms with van der Waals surface area (Å²) in [4.78, 5) is 12.2. The Morgan fingerprint density at radius 3 is 2.36 bits per heavy atom. The van der Waals surface area contributed by atoms with E-state index in [0.29, 0.717) is 11.8 Å². The van der Waals surface area contributed by atoms with Gasteiger partial charge in [0.05, 0.1) is 0 Å². The number of halogens is 3. The van der Waals surface area contributed by atoms with Crippen LogP contribution in [0, 0.1) is 5.92 Å². The Labute approximate surface area is 143 Å². The van der Waals surface area contributed by atoms with Crippen molar-refractivity contribution in [3.8, 4) is 0 Å². The summed E-state index contributed by atoms with van der Waals surface area (Å²) >= 11 is 0. The molecular weight excluding hydrogens is 333 g/mol. The van der Waals surface area contributed by atoms with Gasteiger partial charge in [0, 0.05) is 31.1 Å². The number of alkyl halides is 3. The molecule has 2 aromatic rings. The highest BCUT2D eigenvalue weighted by Crippen LogP contribution is 2.34. The smallest absolute Gasteiger partial charge is 0.387 e. The van der Waals surface area contributed by atoms with Crippen molar-refractivity contribution in [1.29, 1.82) is 0 Å². The average molecular weight is 352 g/mol. The Kier molecular flexibility index (Phi) is 4.96. The van der Waals surface area contributed by atoms with Gasteiger partial charge in [0.1, 0.15) is 6.61 Å². The van der Waals surface area contributed by atoms with Crippen LogP contribution in [0.1, 0.15) is 21.8 Å². The van der Waals surface area contributed by atoms with E-state index >= 15 is 0 Å². The van der Waals surface area contributed by atoms with Crippen LogP contribution in [0.3, 0.4) is 0 Å². The van der Waals surface area contributed by atoms with E-state index in [-0.39, 0.29) is 5.91 Å². The second-order valence-electron chi connectivity index (χ2n) is 6.29. The summed E-state index contributed by atoms with van der Waals surface area (Å²) in [6.07, 6.45) is -4.40. The highest BCUT2D eigenvalue weighted by atomic mass is 19.4. The maximum atomic E-state index is 12.2. The average Bonchev–Trinajstić information content (AvgIpc) is 3.02. The highest BCUT2D eigenvalue weighted by molar-refractivity contribution is 6.00. The zero-order chi connectivity index (χ0) is 18.0. The van der Waals surface area contributed by atoms with Crippen LogP contribution in [0.5, 0.6) is 0 Å². The first kappa shape index (κ1) is 17.7. The van der Waals surface area contributed by atoms with Crippen LogP contribution in [0.15, 0.2) is 36.4 Å². The number of nitrogens with one attached hydrogen (secondary N) is 2. The van der Waals surface area contributed by atoms with Gasteiger partial charge in [-0.25, -0.2) is 0 Å². The van der Waals surface area contributed by atoms with Gasteiger partial charge in [-0.2, -0.15) is 13.2 Å². The number of hydrogen-bond donors (Lipinski definition) is 3. The minimum absolute atomic E-state index is 0.0788. The van der Waals surface area contributed by atoms with Crippen LogP contribution in [0.4, 0.5) is 13.2 Å². The summed E-state index contributed by atoms with van der Waals surface area (Å²) < 4.78 is 31.6. The first-order valence-corrected chi connectivity index (χ1v) is 8.08. The maximum Gasteiger partial charge on any atom is 0.411 e.